The molecule has 2 aliphatic heterocycles. The second-order valence-electron chi connectivity index (χ2n) is 11.1. The van der Waals surface area contributed by atoms with Gasteiger partial charge in [0.2, 0.25) is 0 Å². The summed E-state index contributed by atoms with van der Waals surface area (Å²) in [5.74, 6) is 0.859. The number of aryl methyl sites for hydroxylation is 1. The minimum Gasteiger partial charge on any atom is -0.467 e. The average Bonchev–Trinajstić information content (AvgIpc) is 3.39. The molecule has 5 heterocycles. The number of carbonyl (C=O) groups is 1. The van der Waals surface area contributed by atoms with Crippen molar-refractivity contribution in [1.29, 1.82) is 0 Å². The fraction of sp³-hybridized carbons (Fsp3) is 0.407. The Bertz CT molecular complexity index is 1460. The first kappa shape index (κ1) is 25.7. The number of pyridine rings is 1. The Labute approximate surface area is 225 Å². The van der Waals surface area contributed by atoms with E-state index in [-0.39, 0.29) is 35.1 Å². The number of thioether (sulfide) groups is 1. The van der Waals surface area contributed by atoms with E-state index in [4.69, 9.17) is 21.6 Å². The monoisotopic (exact) mass is 537 g/mol. The van der Waals surface area contributed by atoms with Gasteiger partial charge in [-0.2, -0.15) is 0 Å². The number of aromatic nitrogens is 2. The van der Waals surface area contributed by atoms with Crippen LogP contribution in [0.2, 0.25) is 0 Å². The molecular formula is C27H31N5O3S2. The van der Waals surface area contributed by atoms with Crippen molar-refractivity contribution in [3.63, 3.8) is 0 Å². The maximum atomic E-state index is 13.8. The van der Waals surface area contributed by atoms with Crippen LogP contribution in [-0.4, -0.2) is 41.6 Å². The molecule has 3 aromatic heterocycles. The maximum Gasteiger partial charge on any atom is 0.267 e. The number of carbonyl (C=O) groups excluding carboxylic acids is 1. The first-order valence-corrected chi connectivity index (χ1v) is 13.5. The highest BCUT2D eigenvalue weighted by molar-refractivity contribution is 8.26. The number of thiocarbonyl (C=S) groups is 1. The number of rotatable bonds is 5. The molecule has 2 aliphatic rings. The van der Waals surface area contributed by atoms with Crippen LogP contribution in [0.1, 0.15) is 57.4 Å². The van der Waals surface area contributed by atoms with Gasteiger partial charge in [0.05, 0.1) is 23.3 Å². The Hall–Kier alpha value is -2.95. The molecule has 8 nitrogen and oxygen atoms in total. The number of hydrogen-bond acceptors (Lipinski definition) is 8. The largest absolute Gasteiger partial charge is 0.467 e. The maximum absolute atomic E-state index is 13.8. The molecule has 0 unspecified atom stereocenters. The first-order chi connectivity index (χ1) is 17.4. The number of hydrogen-bond donors (Lipinski definition) is 2. The van der Waals surface area contributed by atoms with Crippen LogP contribution in [0.25, 0.3) is 11.7 Å². The van der Waals surface area contributed by atoms with E-state index in [1.54, 1.807) is 30.7 Å². The molecule has 2 saturated heterocycles. The van der Waals surface area contributed by atoms with Gasteiger partial charge in [0, 0.05) is 23.3 Å². The fourth-order valence-corrected chi connectivity index (χ4v) is 6.68. The number of nitrogens with zero attached hydrogens (tertiary/aromatic N) is 3. The van der Waals surface area contributed by atoms with Gasteiger partial charge in [-0.1, -0.05) is 30.0 Å². The summed E-state index contributed by atoms with van der Waals surface area (Å²) in [7, 11) is 0. The molecule has 1 amide bonds. The molecule has 0 bridgehead atoms. The zero-order chi connectivity index (χ0) is 26.5. The van der Waals surface area contributed by atoms with Gasteiger partial charge in [-0.25, -0.2) is 4.98 Å². The van der Waals surface area contributed by atoms with E-state index in [1.165, 1.54) is 21.1 Å². The Kier molecular flexibility index (Phi) is 6.54. The zero-order valence-corrected chi connectivity index (χ0v) is 23.3. The third-order valence-corrected chi connectivity index (χ3v) is 7.96. The molecule has 0 spiro atoms. The lowest BCUT2D eigenvalue weighted by molar-refractivity contribution is -0.122. The summed E-state index contributed by atoms with van der Waals surface area (Å²) in [4.78, 5) is 33.8. The van der Waals surface area contributed by atoms with Gasteiger partial charge >= 0.3 is 0 Å². The first-order valence-electron chi connectivity index (χ1n) is 12.3. The number of furan rings is 1. The van der Waals surface area contributed by atoms with Crippen molar-refractivity contribution < 1.29 is 9.21 Å². The molecule has 3 aromatic rings. The van der Waals surface area contributed by atoms with E-state index in [9.17, 15) is 9.59 Å². The highest BCUT2D eigenvalue weighted by atomic mass is 32.2. The molecule has 2 fully saturated rings. The zero-order valence-electron chi connectivity index (χ0n) is 21.6. The lowest BCUT2D eigenvalue weighted by atomic mass is 9.79. The van der Waals surface area contributed by atoms with E-state index in [0.29, 0.717) is 32.0 Å². The molecule has 0 saturated carbocycles. The van der Waals surface area contributed by atoms with Crippen LogP contribution in [0.5, 0.6) is 0 Å². The smallest absolute Gasteiger partial charge is 0.267 e. The molecule has 194 valence electrons. The van der Waals surface area contributed by atoms with Gasteiger partial charge < -0.3 is 15.1 Å². The van der Waals surface area contributed by atoms with Gasteiger partial charge in [-0.15, -0.1) is 0 Å². The molecule has 0 atom stereocenters. The minimum absolute atomic E-state index is 0.0864. The van der Waals surface area contributed by atoms with Crippen molar-refractivity contribution in [1.82, 2.24) is 19.6 Å². The number of anilines is 1. The summed E-state index contributed by atoms with van der Waals surface area (Å²) >= 11 is 6.67. The second-order valence-corrected chi connectivity index (χ2v) is 12.8. The standard InChI is InChI=1S/C27H31N5O3S2/c1-16-8-9-21-29-22(28-17-12-26(2,3)30-27(4,5)13-17)19(23(33)31(21)14-16)11-20-24(34)32(25(36)37-20)15-18-7-6-10-35-18/h6-11,14,17,28,30H,12-13,15H2,1-5H3/b20-11-. The molecule has 0 radical (unpaired) electrons. The van der Waals surface area contributed by atoms with Crippen molar-refractivity contribution in [2.24, 2.45) is 0 Å². The van der Waals surface area contributed by atoms with Gasteiger partial charge in [0.15, 0.2) is 0 Å². The van der Waals surface area contributed by atoms with Crippen LogP contribution in [0.15, 0.2) is 50.8 Å². The van der Waals surface area contributed by atoms with E-state index < -0.39 is 0 Å². The number of fused-ring (bicyclic) bond motifs is 1. The summed E-state index contributed by atoms with van der Waals surface area (Å²) in [5.41, 5.74) is 1.42. The van der Waals surface area contributed by atoms with Crippen LogP contribution in [0.4, 0.5) is 5.82 Å². The normalized spacial score (nSPS) is 20.8. The Morgan fingerprint density at radius 2 is 1.95 bits per heavy atom. The molecular weight excluding hydrogens is 506 g/mol. The van der Waals surface area contributed by atoms with E-state index in [0.717, 1.165) is 18.4 Å². The van der Waals surface area contributed by atoms with Crippen molar-refractivity contribution in [2.75, 3.05) is 5.32 Å². The van der Waals surface area contributed by atoms with Crippen LogP contribution < -0.4 is 16.2 Å². The quantitative estimate of drug-likeness (QED) is 0.357. The van der Waals surface area contributed by atoms with Crippen LogP contribution in [0, 0.1) is 6.92 Å². The fourth-order valence-electron chi connectivity index (χ4n) is 5.44. The molecule has 37 heavy (non-hydrogen) atoms. The predicted molar refractivity (Wildman–Crippen MR) is 152 cm³/mol. The average molecular weight is 538 g/mol. The molecule has 5 rings (SSSR count). The SMILES string of the molecule is Cc1ccc2nc(NC3CC(C)(C)NC(C)(C)C3)c(/C=C3\SC(=S)N(Cc4ccco4)C3=O)c(=O)n2c1. The van der Waals surface area contributed by atoms with Gasteiger partial charge in [-0.05, 0) is 77.3 Å². The van der Waals surface area contributed by atoms with Gasteiger partial charge in [0.1, 0.15) is 21.5 Å². The lowest BCUT2D eigenvalue weighted by Crippen LogP contribution is -2.60. The predicted octanol–water partition coefficient (Wildman–Crippen LogP) is 4.72. The van der Waals surface area contributed by atoms with Crippen molar-refractivity contribution in [3.8, 4) is 0 Å². The van der Waals surface area contributed by atoms with Crippen molar-refractivity contribution >= 4 is 51.7 Å². The van der Waals surface area contributed by atoms with Crippen LogP contribution in [-0.2, 0) is 11.3 Å². The van der Waals surface area contributed by atoms with Gasteiger partial charge in [-0.3, -0.25) is 18.9 Å². The minimum atomic E-state index is -0.254. The third-order valence-electron chi connectivity index (χ3n) is 6.58. The number of nitrogens with one attached hydrogen (secondary N) is 2. The molecule has 2 N–H and O–H groups in total. The molecule has 0 aromatic carbocycles. The highest BCUT2D eigenvalue weighted by Crippen LogP contribution is 2.35. The van der Waals surface area contributed by atoms with Crippen molar-refractivity contribution in [2.45, 2.75) is 71.1 Å². The highest BCUT2D eigenvalue weighted by Gasteiger charge is 2.38. The van der Waals surface area contributed by atoms with Crippen LogP contribution >= 0.6 is 24.0 Å². The number of amides is 1. The third kappa shape index (κ3) is 5.37. The summed E-state index contributed by atoms with van der Waals surface area (Å²) in [6, 6.07) is 7.43. The lowest BCUT2D eigenvalue weighted by Gasteiger charge is -2.46. The molecule has 0 aliphatic carbocycles. The second kappa shape index (κ2) is 9.41. The van der Waals surface area contributed by atoms with E-state index >= 15 is 0 Å². The van der Waals surface area contributed by atoms with E-state index in [1.807, 2.05) is 19.1 Å². The van der Waals surface area contributed by atoms with Crippen LogP contribution in [0.3, 0.4) is 0 Å². The van der Waals surface area contributed by atoms with E-state index in [2.05, 4.69) is 38.3 Å². The Morgan fingerprint density at radius 1 is 1.22 bits per heavy atom. The topological polar surface area (TPSA) is 91.9 Å². The summed E-state index contributed by atoms with van der Waals surface area (Å²) in [6.45, 7) is 10.9. The summed E-state index contributed by atoms with van der Waals surface area (Å²) in [5, 5.41) is 7.25. The molecule has 10 heteroatoms. The Morgan fingerprint density at radius 3 is 2.62 bits per heavy atom. The summed E-state index contributed by atoms with van der Waals surface area (Å²) < 4.78 is 7.36. The summed E-state index contributed by atoms with van der Waals surface area (Å²) in [6.07, 6.45) is 6.68. The number of piperidine rings is 1. The van der Waals surface area contributed by atoms with Crippen molar-refractivity contribution in [3.05, 3.63) is 68.9 Å². The Balaban J connectivity index is 1.56. The van der Waals surface area contributed by atoms with Gasteiger partial charge in [0.25, 0.3) is 11.5 Å².